The van der Waals surface area contributed by atoms with Crippen molar-refractivity contribution in [1.82, 2.24) is 0 Å². The minimum Gasteiger partial charge on any atom is -0.508 e. The SMILES string of the molecule is CC(C)(C)c1cc(O)cc(Cl)c1C#CC(F)F. The van der Waals surface area contributed by atoms with Crippen LogP contribution in [-0.4, -0.2) is 11.5 Å². The molecule has 0 heterocycles. The van der Waals surface area contributed by atoms with Crippen molar-refractivity contribution in [3.63, 3.8) is 0 Å². The molecule has 0 aliphatic heterocycles. The van der Waals surface area contributed by atoms with Gasteiger partial charge in [-0.25, -0.2) is 0 Å². The van der Waals surface area contributed by atoms with E-state index in [4.69, 9.17) is 11.6 Å². The molecule has 0 amide bonds. The second-order valence-electron chi connectivity index (χ2n) is 4.67. The number of phenolic OH excluding ortho intramolecular Hbond substituents is 1. The molecule has 0 fully saturated rings. The number of aromatic hydroxyl groups is 1. The lowest BCUT2D eigenvalue weighted by Crippen LogP contribution is -2.13. The first kappa shape index (κ1) is 13.8. The summed E-state index contributed by atoms with van der Waals surface area (Å²) in [6.07, 6.45) is -2.70. The fourth-order valence-corrected chi connectivity index (χ4v) is 1.70. The molecule has 0 bridgehead atoms. The quantitative estimate of drug-likeness (QED) is 0.699. The molecule has 17 heavy (non-hydrogen) atoms. The van der Waals surface area contributed by atoms with Crippen molar-refractivity contribution in [2.45, 2.75) is 32.6 Å². The Bertz CT molecular complexity index is 479. The van der Waals surface area contributed by atoms with Crippen molar-refractivity contribution in [2.75, 3.05) is 0 Å². The number of rotatable bonds is 0. The predicted octanol–water partition coefficient (Wildman–Crippen LogP) is 3.96. The summed E-state index contributed by atoms with van der Waals surface area (Å²) in [5.74, 6) is 4.16. The van der Waals surface area contributed by atoms with E-state index in [1.54, 1.807) is 5.92 Å². The third kappa shape index (κ3) is 3.61. The summed E-state index contributed by atoms with van der Waals surface area (Å²) in [5, 5.41) is 9.66. The van der Waals surface area contributed by atoms with E-state index < -0.39 is 6.43 Å². The number of hydrogen-bond acceptors (Lipinski definition) is 1. The van der Waals surface area contributed by atoms with E-state index in [0.29, 0.717) is 11.1 Å². The lowest BCUT2D eigenvalue weighted by atomic mass is 9.83. The molecule has 92 valence electrons. The van der Waals surface area contributed by atoms with Crippen LogP contribution in [0.2, 0.25) is 5.02 Å². The number of hydrogen-bond donors (Lipinski definition) is 1. The van der Waals surface area contributed by atoms with Crippen molar-refractivity contribution in [2.24, 2.45) is 0 Å². The van der Waals surface area contributed by atoms with Crippen LogP contribution in [0.3, 0.4) is 0 Å². The summed E-state index contributed by atoms with van der Waals surface area (Å²) in [6.45, 7) is 5.68. The van der Waals surface area contributed by atoms with Gasteiger partial charge in [0.25, 0.3) is 6.43 Å². The molecule has 4 heteroatoms. The highest BCUT2D eigenvalue weighted by molar-refractivity contribution is 6.32. The summed E-state index contributed by atoms with van der Waals surface area (Å²) in [5.41, 5.74) is 0.655. The lowest BCUT2D eigenvalue weighted by molar-refractivity contribution is 0.215. The number of benzene rings is 1. The van der Waals surface area contributed by atoms with Gasteiger partial charge in [-0.1, -0.05) is 38.3 Å². The molecule has 0 unspecified atom stereocenters. The molecule has 0 aliphatic rings. The Morgan fingerprint density at radius 3 is 2.35 bits per heavy atom. The van der Waals surface area contributed by atoms with Crippen LogP contribution < -0.4 is 0 Å². The van der Waals surface area contributed by atoms with E-state index in [1.165, 1.54) is 12.1 Å². The highest BCUT2D eigenvalue weighted by Crippen LogP contribution is 2.33. The molecular formula is C13H13ClF2O. The second-order valence-corrected chi connectivity index (χ2v) is 5.08. The Kier molecular flexibility index (Phi) is 4.00. The van der Waals surface area contributed by atoms with E-state index in [0.717, 1.165) is 0 Å². The number of phenols is 1. The molecule has 0 saturated heterocycles. The van der Waals surface area contributed by atoms with Gasteiger partial charge in [0, 0.05) is 5.56 Å². The molecule has 1 rings (SSSR count). The van der Waals surface area contributed by atoms with E-state index >= 15 is 0 Å². The van der Waals surface area contributed by atoms with Crippen molar-refractivity contribution in [3.8, 4) is 17.6 Å². The van der Waals surface area contributed by atoms with Crippen molar-refractivity contribution >= 4 is 11.6 Å². The van der Waals surface area contributed by atoms with Crippen molar-refractivity contribution < 1.29 is 13.9 Å². The Morgan fingerprint density at radius 2 is 1.88 bits per heavy atom. The maximum absolute atomic E-state index is 12.1. The average Bonchev–Trinajstić information content (AvgIpc) is 2.13. The van der Waals surface area contributed by atoms with Gasteiger partial charge in [-0.2, -0.15) is 8.78 Å². The molecule has 0 atom stereocenters. The Labute approximate surface area is 104 Å². The van der Waals surface area contributed by atoms with E-state index in [9.17, 15) is 13.9 Å². The third-order valence-electron chi connectivity index (χ3n) is 2.19. The van der Waals surface area contributed by atoms with Gasteiger partial charge in [0.15, 0.2) is 0 Å². The summed E-state index contributed by atoms with van der Waals surface area (Å²) >= 11 is 5.92. The van der Waals surface area contributed by atoms with E-state index in [-0.39, 0.29) is 16.2 Å². The minimum absolute atomic E-state index is 0.00234. The molecular weight excluding hydrogens is 246 g/mol. The molecule has 0 aliphatic carbocycles. The van der Waals surface area contributed by atoms with Crippen LogP contribution in [0.25, 0.3) is 0 Å². The first-order valence-corrected chi connectivity index (χ1v) is 5.42. The van der Waals surface area contributed by atoms with Crippen LogP contribution in [0.1, 0.15) is 31.9 Å². The van der Waals surface area contributed by atoms with E-state index in [1.807, 2.05) is 20.8 Å². The summed E-state index contributed by atoms with van der Waals surface area (Å²) in [4.78, 5) is 0. The maximum atomic E-state index is 12.1. The van der Waals surface area contributed by atoms with Crippen LogP contribution in [0.5, 0.6) is 5.75 Å². The van der Waals surface area contributed by atoms with Crippen LogP contribution in [0.15, 0.2) is 12.1 Å². The van der Waals surface area contributed by atoms with Crippen molar-refractivity contribution in [3.05, 3.63) is 28.3 Å². The third-order valence-corrected chi connectivity index (χ3v) is 2.49. The molecule has 1 aromatic carbocycles. The molecule has 0 saturated carbocycles. The highest BCUT2D eigenvalue weighted by atomic mass is 35.5. The topological polar surface area (TPSA) is 20.2 Å². The van der Waals surface area contributed by atoms with E-state index in [2.05, 4.69) is 5.92 Å². The van der Waals surface area contributed by atoms with Crippen LogP contribution in [-0.2, 0) is 5.41 Å². The summed E-state index contributed by atoms with van der Waals surface area (Å²) in [6, 6.07) is 2.80. The van der Waals surface area contributed by atoms with Gasteiger partial charge >= 0.3 is 0 Å². The van der Waals surface area contributed by atoms with Gasteiger partial charge in [0.05, 0.1) is 5.02 Å². The van der Waals surface area contributed by atoms with Gasteiger partial charge in [0.1, 0.15) is 5.75 Å². The maximum Gasteiger partial charge on any atom is 0.299 e. The fraction of sp³-hybridized carbons (Fsp3) is 0.385. The average molecular weight is 259 g/mol. The Morgan fingerprint density at radius 1 is 1.29 bits per heavy atom. The first-order valence-electron chi connectivity index (χ1n) is 5.04. The Balaban J connectivity index is 3.43. The highest BCUT2D eigenvalue weighted by Gasteiger charge is 2.20. The molecule has 0 spiro atoms. The van der Waals surface area contributed by atoms with Crippen molar-refractivity contribution in [1.29, 1.82) is 0 Å². The summed E-state index contributed by atoms with van der Waals surface area (Å²) < 4.78 is 24.2. The normalized spacial score (nSPS) is 11.2. The monoisotopic (exact) mass is 258 g/mol. The molecule has 1 nitrogen and oxygen atoms in total. The van der Waals surface area contributed by atoms with Gasteiger partial charge < -0.3 is 5.11 Å². The van der Waals surface area contributed by atoms with Crippen LogP contribution in [0.4, 0.5) is 8.78 Å². The predicted molar refractivity (Wildman–Crippen MR) is 64.7 cm³/mol. The minimum atomic E-state index is -2.70. The van der Waals surface area contributed by atoms with Crippen LogP contribution in [0, 0.1) is 11.8 Å². The molecule has 1 N–H and O–H groups in total. The smallest absolute Gasteiger partial charge is 0.299 e. The van der Waals surface area contributed by atoms with Gasteiger partial charge in [-0.05, 0) is 29.0 Å². The fourth-order valence-electron chi connectivity index (χ4n) is 1.44. The largest absolute Gasteiger partial charge is 0.508 e. The second kappa shape index (κ2) is 4.93. The molecule has 1 aromatic rings. The number of halogens is 3. The Hall–Kier alpha value is -1.27. The molecule has 0 aromatic heterocycles. The zero-order chi connectivity index (χ0) is 13.2. The zero-order valence-electron chi connectivity index (χ0n) is 9.81. The van der Waals surface area contributed by atoms with Crippen LogP contribution >= 0.6 is 11.6 Å². The first-order chi connectivity index (χ1) is 7.71. The van der Waals surface area contributed by atoms with Gasteiger partial charge in [0.2, 0.25) is 0 Å². The number of alkyl halides is 2. The lowest BCUT2D eigenvalue weighted by Gasteiger charge is -2.21. The summed E-state index contributed by atoms with van der Waals surface area (Å²) in [7, 11) is 0. The zero-order valence-corrected chi connectivity index (χ0v) is 10.6. The van der Waals surface area contributed by atoms with Gasteiger partial charge in [-0.3, -0.25) is 0 Å². The standard InChI is InChI=1S/C13H13ClF2O/c1-13(2,3)10-6-8(17)7-11(14)9(10)4-5-12(15)16/h6-7,12,17H,1-3H3. The molecule has 0 radical (unpaired) electrons. The van der Waals surface area contributed by atoms with Gasteiger partial charge in [-0.15, -0.1) is 0 Å².